The summed E-state index contributed by atoms with van der Waals surface area (Å²) in [6.07, 6.45) is 14.4. The lowest BCUT2D eigenvalue weighted by Crippen LogP contribution is -2.20. The van der Waals surface area contributed by atoms with E-state index in [2.05, 4.69) is 294 Å². The van der Waals surface area contributed by atoms with Crippen LogP contribution in [0.4, 0.5) is 39.8 Å². The van der Waals surface area contributed by atoms with Gasteiger partial charge in [0.05, 0.1) is 22.6 Å². The third kappa shape index (κ3) is 8.23. The van der Waals surface area contributed by atoms with Gasteiger partial charge in [0.15, 0.2) is 0 Å². The van der Waals surface area contributed by atoms with Crippen molar-refractivity contribution in [2.24, 2.45) is 0 Å². The first-order chi connectivity index (χ1) is 37.5. The first-order valence-corrected chi connectivity index (χ1v) is 26.0. The van der Waals surface area contributed by atoms with Gasteiger partial charge in [0.2, 0.25) is 0 Å². The molecular weight excluding hydrogens is 921 g/mol. The van der Waals surface area contributed by atoms with Crippen molar-refractivity contribution < 1.29 is 0 Å². The molecule has 1 aliphatic carbocycles. The van der Waals surface area contributed by atoms with E-state index >= 15 is 0 Å². The number of aromatic nitrogens is 1. The third-order valence-corrected chi connectivity index (χ3v) is 15.1. The maximum Gasteiger partial charge on any atom is 0.0540 e. The zero-order valence-corrected chi connectivity index (χ0v) is 42.2. The number of anilines is 7. The molecular formula is C72H54N4. The van der Waals surface area contributed by atoms with Crippen molar-refractivity contribution in [1.82, 2.24) is 4.57 Å². The number of nitrogens with zero attached hydrogens (tertiary/aromatic N) is 4. The molecule has 1 aliphatic heterocycles. The van der Waals surface area contributed by atoms with E-state index in [1.807, 2.05) is 12.2 Å². The predicted octanol–water partition coefficient (Wildman–Crippen LogP) is 19.6. The summed E-state index contributed by atoms with van der Waals surface area (Å²) in [4.78, 5) is 7.10. The molecule has 0 atom stereocenters. The minimum Gasteiger partial charge on any atom is -0.317 e. The Morgan fingerprint density at radius 3 is 1.68 bits per heavy atom. The van der Waals surface area contributed by atoms with Crippen LogP contribution in [-0.4, -0.2) is 4.57 Å². The van der Waals surface area contributed by atoms with Gasteiger partial charge in [0.1, 0.15) is 0 Å². The van der Waals surface area contributed by atoms with E-state index in [-0.39, 0.29) is 0 Å². The molecule has 2 heterocycles. The quantitative estimate of drug-likeness (QED) is 0.128. The zero-order valence-electron chi connectivity index (χ0n) is 42.2. The summed E-state index contributed by atoms with van der Waals surface area (Å²) < 4.78 is 2.45. The molecule has 11 aromatic rings. The molecule has 0 fully saturated rings. The molecule has 2 aliphatic rings. The molecule has 0 unspecified atom stereocenters. The Balaban J connectivity index is 0.899. The maximum absolute atomic E-state index is 4.62. The van der Waals surface area contributed by atoms with Crippen molar-refractivity contribution >= 4 is 90.0 Å². The molecule has 4 nitrogen and oxygen atoms in total. The number of hydrogen-bond donors (Lipinski definition) is 0. The highest BCUT2D eigenvalue weighted by atomic mass is 15.2. The molecule has 362 valence electrons. The van der Waals surface area contributed by atoms with Crippen molar-refractivity contribution in [1.29, 1.82) is 0 Å². The van der Waals surface area contributed by atoms with Crippen molar-refractivity contribution in [2.45, 2.75) is 12.8 Å². The van der Waals surface area contributed by atoms with Crippen LogP contribution >= 0.6 is 0 Å². The fourth-order valence-corrected chi connectivity index (χ4v) is 11.4. The monoisotopic (exact) mass is 974 g/mol. The molecule has 10 aromatic carbocycles. The highest BCUT2D eigenvalue weighted by Gasteiger charge is 2.27. The van der Waals surface area contributed by atoms with Gasteiger partial charge in [0, 0.05) is 73.3 Å². The molecule has 1 aromatic heterocycles. The van der Waals surface area contributed by atoms with E-state index in [0.717, 1.165) is 86.1 Å². The van der Waals surface area contributed by atoms with Crippen LogP contribution < -0.4 is 14.7 Å². The third-order valence-electron chi connectivity index (χ3n) is 15.1. The summed E-state index contributed by atoms with van der Waals surface area (Å²) in [5.74, 6) is 0. The van der Waals surface area contributed by atoms with Crippen LogP contribution in [0.1, 0.15) is 28.8 Å². The largest absolute Gasteiger partial charge is 0.317 e. The van der Waals surface area contributed by atoms with Gasteiger partial charge >= 0.3 is 0 Å². The second-order valence-corrected chi connectivity index (χ2v) is 19.5. The normalized spacial score (nSPS) is 13.1. The van der Waals surface area contributed by atoms with Crippen LogP contribution in [0.3, 0.4) is 0 Å². The maximum atomic E-state index is 4.62. The number of allylic oxidation sites excluding steroid dienone is 6. The van der Waals surface area contributed by atoms with Crippen molar-refractivity contribution in [2.75, 3.05) is 14.7 Å². The fourth-order valence-electron chi connectivity index (χ4n) is 11.4. The fraction of sp³-hybridized carbons (Fsp3) is 0.0278. The van der Waals surface area contributed by atoms with Gasteiger partial charge in [-0.15, -0.1) is 0 Å². The van der Waals surface area contributed by atoms with Gasteiger partial charge in [0.25, 0.3) is 0 Å². The van der Waals surface area contributed by atoms with E-state index in [4.69, 9.17) is 0 Å². The second kappa shape index (κ2) is 19.5. The molecule has 76 heavy (non-hydrogen) atoms. The molecule has 4 heteroatoms. The van der Waals surface area contributed by atoms with Crippen LogP contribution in [0.5, 0.6) is 0 Å². The molecule has 0 saturated carbocycles. The highest BCUT2D eigenvalue weighted by molar-refractivity contribution is 6.02. The summed E-state index contributed by atoms with van der Waals surface area (Å²) in [6, 6.07) is 83.4. The van der Waals surface area contributed by atoms with Crippen LogP contribution in [-0.2, 0) is 6.42 Å². The average molecular weight is 975 g/mol. The molecule has 0 radical (unpaired) electrons. The van der Waals surface area contributed by atoms with Gasteiger partial charge in [-0.3, -0.25) is 0 Å². The summed E-state index contributed by atoms with van der Waals surface area (Å²) in [5, 5.41) is 6.01. The van der Waals surface area contributed by atoms with E-state index in [9.17, 15) is 0 Å². The van der Waals surface area contributed by atoms with Crippen LogP contribution in [0.15, 0.2) is 286 Å². The zero-order chi connectivity index (χ0) is 51.1. The van der Waals surface area contributed by atoms with Gasteiger partial charge in [-0.05, 0) is 161 Å². The van der Waals surface area contributed by atoms with Gasteiger partial charge in [-0.1, -0.05) is 171 Å². The molecule has 0 amide bonds. The Labute approximate surface area is 445 Å². The number of rotatable bonds is 11. The molecule has 0 bridgehead atoms. The minimum absolute atomic E-state index is 0.872. The Hall–Kier alpha value is -9.90. The number of hydrogen-bond acceptors (Lipinski definition) is 3. The minimum atomic E-state index is 0.872. The standard InChI is InChI=1S/C72H54N4/c1-4-51-30-41-71-66(47-51)67-49-62(40-43-72(67)76(71)58-24-10-7-11-25-58)75(70-29-17-21-56-19-13-15-27-64(56)70)60-37-33-54(34-38-60)53-31-35-59(36-32-53)74(69-28-16-20-55-18-12-14-26-63(55)69)61-39-42-68-65(48-61)50(3)46-52(5-2)44-45-73(68)57-22-8-6-9-23-57/h4-39,41-42,44-49H,1-3,40,43H2. The van der Waals surface area contributed by atoms with Crippen LogP contribution in [0.2, 0.25) is 0 Å². The van der Waals surface area contributed by atoms with Gasteiger partial charge in [-0.2, -0.15) is 0 Å². The summed E-state index contributed by atoms with van der Waals surface area (Å²) in [7, 11) is 0. The van der Waals surface area contributed by atoms with Crippen LogP contribution in [0, 0.1) is 0 Å². The first kappa shape index (κ1) is 45.9. The van der Waals surface area contributed by atoms with Gasteiger partial charge in [-0.25, -0.2) is 0 Å². The number of fused-ring (bicyclic) bond motifs is 6. The Morgan fingerprint density at radius 1 is 0.461 bits per heavy atom. The van der Waals surface area contributed by atoms with Gasteiger partial charge < -0.3 is 19.3 Å². The molecule has 13 rings (SSSR count). The highest BCUT2D eigenvalue weighted by Crippen LogP contribution is 2.46. The van der Waals surface area contributed by atoms with Crippen molar-refractivity contribution in [3.63, 3.8) is 0 Å². The second-order valence-electron chi connectivity index (χ2n) is 19.5. The molecule has 0 N–H and O–H groups in total. The molecule has 0 spiro atoms. The van der Waals surface area contributed by atoms with E-state index in [1.54, 1.807) is 0 Å². The van der Waals surface area contributed by atoms with E-state index in [0.29, 0.717) is 0 Å². The summed E-state index contributed by atoms with van der Waals surface area (Å²) in [5.41, 5.74) is 20.1. The van der Waals surface area contributed by atoms with Crippen molar-refractivity contribution in [3.8, 4) is 16.8 Å². The Bertz CT molecular complexity index is 4140. The van der Waals surface area contributed by atoms with E-state index < -0.39 is 0 Å². The lowest BCUT2D eigenvalue weighted by molar-refractivity contribution is 0.839. The van der Waals surface area contributed by atoms with E-state index in [1.165, 1.54) is 55.1 Å². The lowest BCUT2D eigenvalue weighted by atomic mass is 9.96. The Kier molecular flexibility index (Phi) is 11.8. The number of para-hydroxylation sites is 2. The average Bonchev–Trinajstić information content (AvgIpc) is 3.83. The molecule has 0 saturated heterocycles. The smallest absolute Gasteiger partial charge is 0.0540 e. The summed E-state index contributed by atoms with van der Waals surface area (Å²) in [6.45, 7) is 12.9. The topological polar surface area (TPSA) is 14.7 Å². The SMILES string of the molecule is C=CC1=CC(=C)c2cc(N(c3ccc(-c4ccc(N(C5=Cc6c(n(-c7ccccc7)c7ccc(C=C)cc67)CC5)c5cccc6ccccc56)cc4)cc3)c3cccc4ccccc34)ccc2N(c2ccccc2)C=C1. The van der Waals surface area contributed by atoms with Crippen molar-refractivity contribution in [3.05, 3.63) is 308 Å². The lowest BCUT2D eigenvalue weighted by Gasteiger charge is -2.31. The first-order valence-electron chi connectivity index (χ1n) is 26.0. The summed E-state index contributed by atoms with van der Waals surface area (Å²) >= 11 is 0. The number of benzene rings is 10. The van der Waals surface area contributed by atoms with Crippen LogP contribution in [0.25, 0.3) is 67.0 Å². The predicted molar refractivity (Wildman–Crippen MR) is 325 cm³/mol. The Morgan fingerprint density at radius 2 is 1.04 bits per heavy atom.